The zero-order valence-corrected chi connectivity index (χ0v) is 17.1. The van der Waals surface area contributed by atoms with Gasteiger partial charge in [0.25, 0.3) is 0 Å². The first-order chi connectivity index (χ1) is 13.3. The molecule has 2 aromatic carbocycles. The van der Waals surface area contributed by atoms with Gasteiger partial charge >= 0.3 is 0 Å². The monoisotopic (exact) mass is 386 g/mol. The highest BCUT2D eigenvalue weighted by atomic mass is 16.5. The van der Waals surface area contributed by atoms with Crippen LogP contribution in [0.2, 0.25) is 0 Å². The summed E-state index contributed by atoms with van der Waals surface area (Å²) in [6.07, 6.45) is 0. The number of benzene rings is 2. The molecule has 0 saturated heterocycles. The number of nitrogens with zero attached hydrogens (tertiary/aromatic N) is 1. The number of hydrogen-bond acceptors (Lipinski definition) is 5. The van der Waals surface area contributed by atoms with Crippen molar-refractivity contribution in [2.45, 2.75) is 20.8 Å². The van der Waals surface area contributed by atoms with Gasteiger partial charge in [-0.15, -0.1) is 0 Å². The number of amides is 2. The molecule has 0 saturated carbocycles. The Morgan fingerprint density at radius 1 is 0.964 bits per heavy atom. The van der Waals surface area contributed by atoms with Crippen molar-refractivity contribution in [3.05, 3.63) is 41.5 Å². The van der Waals surface area contributed by atoms with Crippen LogP contribution < -0.4 is 24.4 Å². The topological polar surface area (TPSA) is 77.1 Å². The second-order valence-corrected chi connectivity index (χ2v) is 6.36. The summed E-state index contributed by atoms with van der Waals surface area (Å²) in [4.78, 5) is 26.2. The fourth-order valence-electron chi connectivity index (χ4n) is 2.81. The lowest BCUT2D eigenvalue weighted by Gasteiger charge is -2.23. The first-order valence-electron chi connectivity index (χ1n) is 8.76. The molecule has 0 aliphatic heterocycles. The van der Waals surface area contributed by atoms with Gasteiger partial charge in [-0.2, -0.15) is 0 Å². The molecule has 0 aromatic heterocycles. The van der Waals surface area contributed by atoms with Crippen molar-refractivity contribution in [2.24, 2.45) is 0 Å². The minimum Gasteiger partial charge on any atom is -0.493 e. The van der Waals surface area contributed by atoms with Gasteiger partial charge in [-0.25, -0.2) is 0 Å². The van der Waals surface area contributed by atoms with E-state index in [-0.39, 0.29) is 18.4 Å². The summed E-state index contributed by atoms with van der Waals surface area (Å²) in [5.41, 5.74) is 3.17. The summed E-state index contributed by atoms with van der Waals surface area (Å²) in [5.74, 6) is 0.621. The van der Waals surface area contributed by atoms with Gasteiger partial charge in [0.2, 0.25) is 17.6 Å². The Morgan fingerprint density at radius 3 is 2.07 bits per heavy atom. The van der Waals surface area contributed by atoms with Crippen LogP contribution in [0.4, 0.5) is 11.4 Å². The Labute approximate surface area is 165 Å². The largest absolute Gasteiger partial charge is 0.493 e. The van der Waals surface area contributed by atoms with Gasteiger partial charge in [0.05, 0.1) is 27.0 Å². The van der Waals surface area contributed by atoms with Gasteiger partial charge in [-0.05, 0) is 31.0 Å². The van der Waals surface area contributed by atoms with Crippen molar-refractivity contribution in [1.29, 1.82) is 0 Å². The molecular formula is C21H26N2O5. The van der Waals surface area contributed by atoms with E-state index in [0.29, 0.717) is 22.9 Å². The third-order valence-corrected chi connectivity index (χ3v) is 4.31. The number of methoxy groups -OCH3 is 3. The Morgan fingerprint density at radius 2 is 1.57 bits per heavy atom. The van der Waals surface area contributed by atoms with Crippen LogP contribution in [0.5, 0.6) is 17.2 Å². The van der Waals surface area contributed by atoms with E-state index in [4.69, 9.17) is 14.2 Å². The zero-order valence-electron chi connectivity index (χ0n) is 17.1. The Bertz CT molecular complexity index is 854. The number of carbonyl (C=O) groups is 2. The summed E-state index contributed by atoms with van der Waals surface area (Å²) in [6, 6.07) is 9.07. The van der Waals surface area contributed by atoms with E-state index < -0.39 is 0 Å². The molecule has 7 nitrogen and oxygen atoms in total. The average Bonchev–Trinajstić information content (AvgIpc) is 2.67. The average molecular weight is 386 g/mol. The maximum atomic E-state index is 12.6. The van der Waals surface area contributed by atoms with Crippen LogP contribution in [0, 0.1) is 13.8 Å². The van der Waals surface area contributed by atoms with Crippen molar-refractivity contribution < 1.29 is 23.8 Å². The molecule has 7 heteroatoms. The number of ether oxygens (including phenoxy) is 3. The van der Waals surface area contributed by atoms with Gasteiger partial charge in [0, 0.05) is 24.7 Å². The van der Waals surface area contributed by atoms with E-state index in [1.54, 1.807) is 12.1 Å². The third-order valence-electron chi connectivity index (χ3n) is 4.31. The maximum Gasteiger partial charge on any atom is 0.244 e. The summed E-state index contributed by atoms with van der Waals surface area (Å²) < 4.78 is 16.0. The number of hydrogen-bond donors (Lipinski definition) is 1. The molecule has 0 unspecified atom stereocenters. The van der Waals surface area contributed by atoms with Crippen LogP contribution in [0.1, 0.15) is 18.1 Å². The molecule has 0 heterocycles. The fourth-order valence-corrected chi connectivity index (χ4v) is 2.81. The van der Waals surface area contributed by atoms with Gasteiger partial charge in [0.1, 0.15) is 6.54 Å². The zero-order chi connectivity index (χ0) is 20.8. The molecule has 28 heavy (non-hydrogen) atoms. The van der Waals surface area contributed by atoms with Gasteiger partial charge in [-0.3, -0.25) is 9.59 Å². The molecule has 2 amide bonds. The lowest BCUT2D eigenvalue weighted by Crippen LogP contribution is -2.36. The number of anilines is 2. The van der Waals surface area contributed by atoms with Crippen LogP contribution in [-0.2, 0) is 9.59 Å². The van der Waals surface area contributed by atoms with Gasteiger partial charge < -0.3 is 24.4 Å². The minimum atomic E-state index is -0.308. The highest BCUT2D eigenvalue weighted by Crippen LogP contribution is 2.41. The molecular weight excluding hydrogens is 360 g/mol. The number of aryl methyl sites for hydroxylation is 2. The van der Waals surface area contributed by atoms with E-state index in [1.807, 2.05) is 32.0 Å². The molecule has 0 aliphatic carbocycles. The van der Waals surface area contributed by atoms with E-state index in [2.05, 4.69) is 5.32 Å². The number of carbonyl (C=O) groups excluding carboxylic acids is 2. The first kappa shape index (κ1) is 21.1. The lowest BCUT2D eigenvalue weighted by molar-refractivity contribution is -0.120. The molecule has 0 atom stereocenters. The maximum absolute atomic E-state index is 12.6. The Hall–Kier alpha value is -3.22. The molecule has 2 rings (SSSR count). The predicted octanol–water partition coefficient (Wildman–Crippen LogP) is 3.32. The van der Waals surface area contributed by atoms with E-state index in [1.165, 1.54) is 33.2 Å². The van der Waals surface area contributed by atoms with Crippen LogP contribution in [0.15, 0.2) is 30.3 Å². The molecule has 2 aromatic rings. The van der Waals surface area contributed by atoms with Crippen molar-refractivity contribution in [2.75, 3.05) is 38.1 Å². The Balaban J connectivity index is 2.32. The Kier molecular flexibility index (Phi) is 6.87. The van der Waals surface area contributed by atoms with Crippen molar-refractivity contribution >= 4 is 23.2 Å². The summed E-state index contributed by atoms with van der Waals surface area (Å²) in [6.45, 7) is 5.11. The highest BCUT2D eigenvalue weighted by Gasteiger charge is 2.21. The standard InChI is InChI=1S/C21H26N2O5/c1-13-7-8-14(2)17(9-13)22-20(25)12-23(15(3)24)16-10-18(26-4)21(28-6)19(11-16)27-5/h7-11H,12H2,1-6H3,(H,22,25). The molecule has 0 aliphatic rings. The molecule has 0 bridgehead atoms. The number of nitrogens with one attached hydrogen (secondary N) is 1. The molecule has 0 radical (unpaired) electrons. The summed E-state index contributed by atoms with van der Waals surface area (Å²) in [7, 11) is 4.49. The second kappa shape index (κ2) is 9.12. The van der Waals surface area contributed by atoms with Crippen LogP contribution >= 0.6 is 0 Å². The quantitative estimate of drug-likeness (QED) is 0.790. The van der Waals surface area contributed by atoms with E-state index in [0.717, 1.165) is 16.8 Å². The minimum absolute atomic E-state index is 0.151. The first-order valence-corrected chi connectivity index (χ1v) is 8.76. The van der Waals surface area contributed by atoms with Crippen molar-refractivity contribution in [1.82, 2.24) is 0 Å². The highest BCUT2D eigenvalue weighted by molar-refractivity contribution is 6.02. The molecule has 1 N–H and O–H groups in total. The summed E-state index contributed by atoms with van der Waals surface area (Å²) >= 11 is 0. The normalized spacial score (nSPS) is 10.2. The van der Waals surface area contributed by atoms with Crippen molar-refractivity contribution in [3.8, 4) is 17.2 Å². The van der Waals surface area contributed by atoms with Crippen LogP contribution in [0.3, 0.4) is 0 Å². The van der Waals surface area contributed by atoms with Crippen molar-refractivity contribution in [3.63, 3.8) is 0 Å². The predicted molar refractivity (Wildman–Crippen MR) is 109 cm³/mol. The second-order valence-electron chi connectivity index (χ2n) is 6.36. The smallest absolute Gasteiger partial charge is 0.244 e. The SMILES string of the molecule is COc1cc(N(CC(=O)Nc2cc(C)ccc2C)C(C)=O)cc(OC)c1OC. The van der Waals surface area contributed by atoms with Gasteiger partial charge in [0.15, 0.2) is 11.5 Å². The number of rotatable bonds is 7. The third kappa shape index (κ3) is 4.73. The fraction of sp³-hybridized carbons (Fsp3) is 0.333. The molecule has 150 valence electrons. The summed E-state index contributed by atoms with van der Waals surface area (Å²) in [5, 5.41) is 2.87. The molecule has 0 spiro atoms. The van der Waals surface area contributed by atoms with Crippen LogP contribution in [-0.4, -0.2) is 39.7 Å². The van der Waals surface area contributed by atoms with E-state index >= 15 is 0 Å². The van der Waals surface area contributed by atoms with Crippen LogP contribution in [0.25, 0.3) is 0 Å². The van der Waals surface area contributed by atoms with E-state index in [9.17, 15) is 9.59 Å². The molecule has 0 fully saturated rings. The lowest BCUT2D eigenvalue weighted by atomic mass is 10.1. The van der Waals surface area contributed by atoms with Gasteiger partial charge in [-0.1, -0.05) is 12.1 Å².